The van der Waals surface area contributed by atoms with Crippen LogP contribution in [-0.2, 0) is 16.1 Å². The summed E-state index contributed by atoms with van der Waals surface area (Å²) in [5.41, 5.74) is 1.55. The third kappa shape index (κ3) is 5.29. The van der Waals surface area contributed by atoms with Gasteiger partial charge in [-0.25, -0.2) is 4.99 Å². The Morgan fingerprint density at radius 3 is 2.39 bits per heavy atom. The van der Waals surface area contributed by atoms with E-state index in [1.54, 1.807) is 39.3 Å². The molecule has 8 nitrogen and oxygen atoms in total. The van der Waals surface area contributed by atoms with Crippen LogP contribution in [-0.4, -0.2) is 55.5 Å². The van der Waals surface area contributed by atoms with Crippen LogP contribution in [0.3, 0.4) is 0 Å². The van der Waals surface area contributed by atoms with Gasteiger partial charge in [-0.2, -0.15) is 0 Å². The van der Waals surface area contributed by atoms with Crippen LogP contribution in [0.25, 0.3) is 0 Å². The second-order valence-electron chi connectivity index (χ2n) is 6.69. The van der Waals surface area contributed by atoms with Gasteiger partial charge in [-0.05, 0) is 42.0 Å². The van der Waals surface area contributed by atoms with E-state index in [1.165, 1.54) is 11.8 Å². The molecule has 31 heavy (non-hydrogen) atoms. The number of amides is 2. The number of hydrogen-bond acceptors (Lipinski definition) is 7. The average Bonchev–Trinajstić information content (AvgIpc) is 3.07. The third-order valence-electron chi connectivity index (χ3n) is 4.76. The molecule has 1 N–H and O–H groups in total. The molecule has 1 aliphatic heterocycles. The summed E-state index contributed by atoms with van der Waals surface area (Å²) in [5, 5.41) is 2.58. The number of nitrogens with zero attached hydrogens (tertiary/aromatic N) is 2. The Hall–Kier alpha value is -3.20. The van der Waals surface area contributed by atoms with E-state index in [4.69, 9.17) is 14.2 Å². The smallest absolute Gasteiger partial charge is 0.242 e. The molecule has 1 heterocycles. The number of aliphatic imine (C=N–C) groups is 1. The number of rotatable bonds is 8. The van der Waals surface area contributed by atoms with E-state index < -0.39 is 5.25 Å². The van der Waals surface area contributed by atoms with Crippen molar-refractivity contribution in [3.8, 4) is 17.2 Å². The van der Waals surface area contributed by atoms with Gasteiger partial charge in [0.1, 0.15) is 11.0 Å². The molecular weight excluding hydrogens is 418 g/mol. The lowest BCUT2D eigenvalue weighted by Crippen LogP contribution is -2.33. The van der Waals surface area contributed by atoms with Crippen LogP contribution in [0.2, 0.25) is 0 Å². The molecule has 2 aromatic rings. The SMILES string of the molecule is CNC(=O)C[C@H]1SC(=Nc2ccc(OC)cc2)N(Cc2ccc(OC)c(OC)c2)C1=O. The molecule has 1 fully saturated rings. The zero-order valence-electron chi connectivity index (χ0n) is 17.9. The largest absolute Gasteiger partial charge is 0.497 e. The predicted molar refractivity (Wildman–Crippen MR) is 120 cm³/mol. The molecule has 0 radical (unpaired) electrons. The van der Waals surface area contributed by atoms with Gasteiger partial charge in [0.05, 0.1) is 33.6 Å². The maximum Gasteiger partial charge on any atom is 0.242 e. The van der Waals surface area contributed by atoms with Gasteiger partial charge >= 0.3 is 0 Å². The fourth-order valence-corrected chi connectivity index (χ4v) is 4.23. The highest BCUT2D eigenvalue weighted by atomic mass is 32.2. The fourth-order valence-electron chi connectivity index (χ4n) is 3.07. The van der Waals surface area contributed by atoms with Gasteiger partial charge in [0, 0.05) is 13.5 Å². The molecule has 9 heteroatoms. The van der Waals surface area contributed by atoms with Crippen molar-refractivity contribution < 1.29 is 23.8 Å². The summed E-state index contributed by atoms with van der Waals surface area (Å²) < 4.78 is 15.8. The van der Waals surface area contributed by atoms with Gasteiger partial charge in [0.2, 0.25) is 11.8 Å². The number of methoxy groups -OCH3 is 3. The zero-order chi connectivity index (χ0) is 22.4. The number of amidine groups is 1. The van der Waals surface area contributed by atoms with Gasteiger partial charge in [-0.3, -0.25) is 14.5 Å². The van der Waals surface area contributed by atoms with Crippen LogP contribution >= 0.6 is 11.8 Å². The monoisotopic (exact) mass is 443 g/mol. The molecular formula is C22H25N3O5S. The van der Waals surface area contributed by atoms with Crippen LogP contribution < -0.4 is 19.5 Å². The predicted octanol–water partition coefficient (Wildman–Crippen LogP) is 2.98. The van der Waals surface area contributed by atoms with Crippen LogP contribution in [0.4, 0.5) is 5.69 Å². The highest BCUT2D eigenvalue weighted by Crippen LogP contribution is 2.34. The van der Waals surface area contributed by atoms with E-state index in [-0.39, 0.29) is 18.2 Å². The molecule has 0 aliphatic carbocycles. The molecule has 164 valence electrons. The van der Waals surface area contributed by atoms with Crippen molar-refractivity contribution in [1.29, 1.82) is 0 Å². The zero-order valence-corrected chi connectivity index (χ0v) is 18.7. The van der Waals surface area contributed by atoms with Crippen molar-refractivity contribution in [2.24, 2.45) is 4.99 Å². The second-order valence-corrected chi connectivity index (χ2v) is 7.86. The first-order valence-corrected chi connectivity index (χ1v) is 10.5. The van der Waals surface area contributed by atoms with Crippen molar-refractivity contribution in [2.75, 3.05) is 28.4 Å². The van der Waals surface area contributed by atoms with Crippen molar-refractivity contribution in [2.45, 2.75) is 18.2 Å². The van der Waals surface area contributed by atoms with E-state index in [9.17, 15) is 9.59 Å². The van der Waals surface area contributed by atoms with E-state index in [1.807, 2.05) is 36.4 Å². The lowest BCUT2D eigenvalue weighted by Gasteiger charge is -2.18. The molecule has 1 saturated heterocycles. The summed E-state index contributed by atoms with van der Waals surface area (Å²) in [5.74, 6) is 1.56. The van der Waals surface area contributed by atoms with Crippen molar-refractivity contribution >= 4 is 34.4 Å². The number of thioether (sulfide) groups is 1. The topological polar surface area (TPSA) is 89.5 Å². The molecule has 0 bridgehead atoms. The molecule has 0 unspecified atom stereocenters. The molecule has 2 amide bonds. The summed E-state index contributed by atoms with van der Waals surface area (Å²) in [4.78, 5) is 31.3. The molecule has 3 rings (SSSR count). The summed E-state index contributed by atoms with van der Waals surface area (Å²) in [6, 6.07) is 12.7. The Bertz CT molecular complexity index is 978. The standard InChI is InChI=1S/C22H25N3O5S/c1-23-20(26)12-19-21(27)25(13-14-5-10-17(29-3)18(11-14)30-4)22(31-19)24-15-6-8-16(28-2)9-7-15/h5-11,19H,12-13H2,1-4H3,(H,23,26)/t19-/m1/s1. The number of carbonyl (C=O) groups is 2. The average molecular weight is 444 g/mol. The summed E-state index contributed by atoms with van der Waals surface area (Å²) >= 11 is 1.29. The third-order valence-corrected chi connectivity index (χ3v) is 5.93. The molecule has 1 atom stereocenters. The number of hydrogen-bond donors (Lipinski definition) is 1. The molecule has 0 saturated carbocycles. The Morgan fingerprint density at radius 1 is 1.06 bits per heavy atom. The van der Waals surface area contributed by atoms with Gasteiger partial charge in [-0.1, -0.05) is 17.8 Å². The summed E-state index contributed by atoms with van der Waals surface area (Å²) in [6.07, 6.45) is 0.0874. The van der Waals surface area contributed by atoms with Gasteiger partial charge in [0.25, 0.3) is 0 Å². The van der Waals surface area contributed by atoms with E-state index in [0.717, 1.165) is 11.3 Å². The number of ether oxygens (including phenoxy) is 3. The highest BCUT2D eigenvalue weighted by Gasteiger charge is 2.39. The quantitative estimate of drug-likeness (QED) is 0.675. The van der Waals surface area contributed by atoms with E-state index >= 15 is 0 Å². The summed E-state index contributed by atoms with van der Waals surface area (Å²) in [7, 11) is 6.29. The first-order valence-electron chi connectivity index (χ1n) is 9.61. The molecule has 1 aliphatic rings. The van der Waals surface area contributed by atoms with Crippen molar-refractivity contribution in [3.05, 3.63) is 48.0 Å². The number of carbonyl (C=O) groups excluding carboxylic acids is 2. The first-order chi connectivity index (χ1) is 15.0. The maximum absolute atomic E-state index is 13.1. The second kappa shape index (κ2) is 10.2. The maximum atomic E-state index is 13.1. The van der Waals surface area contributed by atoms with Crippen LogP contribution in [0.5, 0.6) is 17.2 Å². The van der Waals surface area contributed by atoms with Crippen LogP contribution in [0.15, 0.2) is 47.5 Å². The minimum Gasteiger partial charge on any atom is -0.497 e. The van der Waals surface area contributed by atoms with Gasteiger partial charge < -0.3 is 19.5 Å². The Labute approximate surface area is 185 Å². The Balaban J connectivity index is 1.91. The minimum absolute atomic E-state index is 0.0874. The number of nitrogens with one attached hydrogen (secondary N) is 1. The first kappa shape index (κ1) is 22.5. The van der Waals surface area contributed by atoms with Crippen molar-refractivity contribution in [1.82, 2.24) is 10.2 Å². The van der Waals surface area contributed by atoms with Crippen LogP contribution in [0.1, 0.15) is 12.0 Å². The van der Waals surface area contributed by atoms with Crippen molar-refractivity contribution in [3.63, 3.8) is 0 Å². The van der Waals surface area contributed by atoms with E-state index in [0.29, 0.717) is 28.9 Å². The van der Waals surface area contributed by atoms with Gasteiger partial charge in [-0.15, -0.1) is 0 Å². The Kier molecular flexibility index (Phi) is 7.41. The van der Waals surface area contributed by atoms with Crippen LogP contribution in [0, 0.1) is 0 Å². The number of benzene rings is 2. The minimum atomic E-state index is -0.530. The lowest BCUT2D eigenvalue weighted by molar-refractivity contribution is -0.129. The van der Waals surface area contributed by atoms with E-state index in [2.05, 4.69) is 10.3 Å². The molecule has 0 aromatic heterocycles. The van der Waals surface area contributed by atoms with Gasteiger partial charge in [0.15, 0.2) is 16.7 Å². The fraction of sp³-hybridized carbons (Fsp3) is 0.318. The molecule has 2 aromatic carbocycles. The highest BCUT2D eigenvalue weighted by molar-refractivity contribution is 8.15. The normalized spacial score (nSPS) is 17.0. The Morgan fingerprint density at radius 2 is 1.77 bits per heavy atom. The lowest BCUT2D eigenvalue weighted by atomic mass is 10.1. The summed E-state index contributed by atoms with van der Waals surface area (Å²) in [6.45, 7) is 0.297. The molecule has 0 spiro atoms.